The Morgan fingerprint density at radius 2 is 1.24 bits per heavy atom. The van der Waals surface area contributed by atoms with Gasteiger partial charge in [-0.15, -0.1) is 11.8 Å². The summed E-state index contributed by atoms with van der Waals surface area (Å²) in [5.74, 6) is 0.337. The van der Waals surface area contributed by atoms with E-state index in [1.807, 2.05) is 109 Å². The maximum atomic E-state index is 13.7. The highest BCUT2D eigenvalue weighted by Gasteiger charge is 2.50. The summed E-state index contributed by atoms with van der Waals surface area (Å²) in [6.45, 7) is 3.45. The van der Waals surface area contributed by atoms with Crippen LogP contribution >= 0.6 is 27.7 Å². The number of ether oxygens (including phenoxy) is 5. The number of carbonyl (C=O) groups is 1. The molecule has 0 aromatic heterocycles. The predicted molar refractivity (Wildman–Crippen MR) is 181 cm³/mol. The molecule has 1 fully saturated rings. The average Bonchev–Trinajstić information content (AvgIpc) is 3.09. The third kappa shape index (κ3) is 9.51. The molecule has 5 atom stereocenters. The molecule has 1 saturated heterocycles. The first-order valence-electron chi connectivity index (χ1n) is 15.2. The van der Waals surface area contributed by atoms with Gasteiger partial charge in [0.25, 0.3) is 0 Å². The average molecular weight is 692 g/mol. The number of hydrogen-bond donors (Lipinski definition) is 0. The predicted octanol–water partition coefficient (Wildman–Crippen LogP) is 7.97. The van der Waals surface area contributed by atoms with E-state index in [1.165, 1.54) is 0 Å². The van der Waals surface area contributed by atoms with E-state index < -0.39 is 35.8 Å². The summed E-state index contributed by atoms with van der Waals surface area (Å²) >= 11 is 5.09. The summed E-state index contributed by atoms with van der Waals surface area (Å²) < 4.78 is 32.6. The van der Waals surface area contributed by atoms with Crippen molar-refractivity contribution in [1.82, 2.24) is 0 Å². The van der Waals surface area contributed by atoms with Crippen molar-refractivity contribution in [3.63, 3.8) is 0 Å². The van der Waals surface area contributed by atoms with Gasteiger partial charge in [-0.05, 0) is 34.1 Å². The van der Waals surface area contributed by atoms with Gasteiger partial charge in [-0.3, -0.25) is 0 Å². The topological polar surface area (TPSA) is 63.2 Å². The maximum Gasteiger partial charge on any atom is 0.338 e. The first kappa shape index (κ1) is 33.4. The van der Waals surface area contributed by atoms with Crippen LogP contribution < -0.4 is 0 Å². The van der Waals surface area contributed by atoms with E-state index in [1.54, 1.807) is 17.8 Å². The van der Waals surface area contributed by atoms with Crippen molar-refractivity contribution in [3.05, 3.63) is 143 Å². The van der Waals surface area contributed by atoms with Crippen LogP contribution in [0.25, 0.3) is 0 Å². The van der Waals surface area contributed by atoms with Crippen LogP contribution in [0.15, 0.2) is 115 Å². The molecule has 1 aliphatic rings. The molecule has 6 nitrogen and oxygen atoms in total. The van der Waals surface area contributed by atoms with Gasteiger partial charge in [0.2, 0.25) is 0 Å². The van der Waals surface area contributed by atoms with Crippen LogP contribution in [-0.2, 0) is 48.8 Å². The smallest absolute Gasteiger partial charge is 0.338 e. The van der Waals surface area contributed by atoms with E-state index >= 15 is 0 Å². The second-order valence-electron chi connectivity index (χ2n) is 10.7. The number of benzene rings is 4. The quantitative estimate of drug-likeness (QED) is 0.0926. The molecule has 1 heterocycles. The van der Waals surface area contributed by atoms with Crippen molar-refractivity contribution in [2.75, 3.05) is 12.4 Å². The molecule has 0 spiro atoms. The number of carbonyl (C=O) groups excluding carboxylic acids is 1. The lowest BCUT2D eigenvalue weighted by molar-refractivity contribution is -0.242. The fraction of sp³-hybridized carbons (Fsp3) is 0.324. The standard InChI is InChI=1S/C37H39BrO6S/c1-2-45-37-35(44-36(39)31-21-13-12-20-30(31)22-38)34(42-25-29-18-10-5-11-19-29)33(41-24-28-16-8-4-9-17-28)32(43-37)26-40-23-27-14-6-3-7-15-27/h3-21,32-35,37H,2,22-26H2,1H3/t32-,33-,34+,35-,37+/m1/s1. The number of halogens is 1. The van der Waals surface area contributed by atoms with Crippen LogP contribution in [0.5, 0.6) is 0 Å². The number of alkyl halides is 1. The molecule has 0 N–H and O–H groups in total. The molecule has 0 amide bonds. The lowest BCUT2D eigenvalue weighted by Crippen LogP contribution is -2.60. The van der Waals surface area contributed by atoms with E-state index in [2.05, 4.69) is 22.9 Å². The van der Waals surface area contributed by atoms with Gasteiger partial charge < -0.3 is 23.7 Å². The third-order valence-electron chi connectivity index (χ3n) is 7.51. The van der Waals surface area contributed by atoms with Gasteiger partial charge in [0.05, 0.1) is 32.0 Å². The Kier molecular flexibility index (Phi) is 13.1. The minimum atomic E-state index is -0.735. The summed E-state index contributed by atoms with van der Waals surface area (Å²) in [5.41, 5.74) is 3.97. The molecule has 45 heavy (non-hydrogen) atoms. The van der Waals surface area contributed by atoms with E-state index in [-0.39, 0.29) is 6.61 Å². The minimum absolute atomic E-state index is 0.285. The van der Waals surface area contributed by atoms with Crippen LogP contribution in [-0.4, -0.2) is 48.2 Å². The maximum absolute atomic E-state index is 13.7. The van der Waals surface area contributed by atoms with Gasteiger partial charge in [0.15, 0.2) is 6.10 Å². The van der Waals surface area contributed by atoms with Crippen molar-refractivity contribution in [1.29, 1.82) is 0 Å². The van der Waals surface area contributed by atoms with Gasteiger partial charge in [0.1, 0.15) is 23.7 Å². The van der Waals surface area contributed by atoms with E-state index in [0.717, 1.165) is 28.0 Å². The summed E-state index contributed by atoms with van der Waals surface area (Å²) in [5, 5.41) is 0.532. The molecule has 4 aromatic rings. The normalized spacial score (nSPS) is 21.3. The van der Waals surface area contributed by atoms with Crippen molar-refractivity contribution in [3.8, 4) is 0 Å². The van der Waals surface area contributed by atoms with Crippen molar-refractivity contribution >= 4 is 33.7 Å². The second-order valence-corrected chi connectivity index (χ2v) is 12.6. The largest absolute Gasteiger partial charge is 0.452 e. The lowest BCUT2D eigenvalue weighted by atomic mass is 9.98. The van der Waals surface area contributed by atoms with E-state index in [4.69, 9.17) is 23.7 Å². The second kappa shape index (κ2) is 17.6. The Morgan fingerprint density at radius 1 is 0.711 bits per heavy atom. The van der Waals surface area contributed by atoms with Gasteiger partial charge in [-0.25, -0.2) is 4.79 Å². The van der Waals surface area contributed by atoms with Crippen LogP contribution in [0.4, 0.5) is 0 Å². The number of esters is 1. The zero-order chi connectivity index (χ0) is 31.3. The van der Waals surface area contributed by atoms with Crippen LogP contribution in [0.3, 0.4) is 0 Å². The third-order valence-corrected chi connectivity index (χ3v) is 9.16. The Bertz CT molecular complexity index is 1440. The first-order valence-corrected chi connectivity index (χ1v) is 17.4. The molecule has 0 unspecified atom stereocenters. The molecule has 236 valence electrons. The minimum Gasteiger partial charge on any atom is -0.452 e. The van der Waals surface area contributed by atoms with E-state index in [9.17, 15) is 4.79 Å². The van der Waals surface area contributed by atoms with Gasteiger partial charge in [-0.1, -0.05) is 132 Å². The molecule has 4 aromatic carbocycles. The fourth-order valence-corrected chi connectivity index (χ4v) is 6.69. The summed E-state index contributed by atoms with van der Waals surface area (Å²) in [6.07, 6.45) is -2.41. The van der Waals surface area contributed by atoms with Gasteiger partial charge >= 0.3 is 5.97 Å². The molecular formula is C37H39BrO6S. The lowest BCUT2D eigenvalue weighted by Gasteiger charge is -2.45. The van der Waals surface area contributed by atoms with Gasteiger partial charge in [0, 0.05) is 5.33 Å². The van der Waals surface area contributed by atoms with Crippen LogP contribution in [0.2, 0.25) is 0 Å². The number of hydrogen-bond acceptors (Lipinski definition) is 7. The molecule has 0 radical (unpaired) electrons. The molecule has 0 aliphatic carbocycles. The molecule has 0 bridgehead atoms. The Labute approximate surface area is 278 Å². The summed E-state index contributed by atoms with van der Waals surface area (Å²) in [4.78, 5) is 13.7. The summed E-state index contributed by atoms with van der Waals surface area (Å²) in [7, 11) is 0. The molecule has 8 heteroatoms. The Morgan fingerprint density at radius 3 is 1.82 bits per heavy atom. The number of thioether (sulfide) groups is 1. The first-order chi connectivity index (χ1) is 22.2. The zero-order valence-corrected chi connectivity index (χ0v) is 27.7. The molecule has 1 aliphatic heterocycles. The SMILES string of the molecule is CCS[C@@H]1O[C@H](COCc2ccccc2)[C@@H](OCc2ccccc2)[C@H](OCc2ccccc2)[C@H]1OC(=O)c1ccccc1CBr. The summed E-state index contributed by atoms with van der Waals surface area (Å²) in [6, 6.07) is 37.5. The Balaban J connectivity index is 1.45. The fourth-order valence-electron chi connectivity index (χ4n) is 5.25. The van der Waals surface area contributed by atoms with Crippen LogP contribution in [0, 0.1) is 0 Å². The highest BCUT2D eigenvalue weighted by Crippen LogP contribution is 2.35. The zero-order valence-electron chi connectivity index (χ0n) is 25.3. The number of rotatable bonds is 15. The Hall–Kier alpha value is -2.98. The van der Waals surface area contributed by atoms with Gasteiger partial charge in [-0.2, -0.15) is 0 Å². The molecular weight excluding hydrogens is 652 g/mol. The van der Waals surface area contributed by atoms with Crippen LogP contribution in [0.1, 0.15) is 39.5 Å². The highest BCUT2D eigenvalue weighted by molar-refractivity contribution is 9.08. The molecule has 0 saturated carbocycles. The highest BCUT2D eigenvalue weighted by atomic mass is 79.9. The monoisotopic (exact) mass is 690 g/mol. The molecule has 5 rings (SSSR count). The van der Waals surface area contributed by atoms with Crippen molar-refractivity contribution in [2.45, 2.75) is 61.9 Å². The van der Waals surface area contributed by atoms with Crippen molar-refractivity contribution < 1.29 is 28.5 Å². The van der Waals surface area contributed by atoms with Crippen molar-refractivity contribution in [2.24, 2.45) is 0 Å². The van der Waals surface area contributed by atoms with E-state index in [0.29, 0.717) is 30.7 Å².